The van der Waals surface area contributed by atoms with Crippen molar-refractivity contribution in [2.75, 3.05) is 23.1 Å². The van der Waals surface area contributed by atoms with Crippen molar-refractivity contribution in [1.29, 1.82) is 0 Å². The lowest BCUT2D eigenvalue weighted by molar-refractivity contribution is 0.0600. The van der Waals surface area contributed by atoms with Crippen molar-refractivity contribution in [1.82, 2.24) is 0 Å². The molecular formula is C23H17N3O5. The maximum absolute atomic E-state index is 13.0. The normalized spacial score (nSPS) is 12.5. The highest BCUT2D eigenvalue weighted by Crippen LogP contribution is 2.31. The summed E-state index contributed by atoms with van der Waals surface area (Å²) in [5, 5.41) is 2.70. The molecule has 0 fully saturated rings. The van der Waals surface area contributed by atoms with Crippen LogP contribution in [0.5, 0.6) is 0 Å². The van der Waals surface area contributed by atoms with Crippen LogP contribution in [0.3, 0.4) is 0 Å². The second kappa shape index (κ2) is 7.75. The predicted octanol–water partition coefficient (Wildman–Crippen LogP) is 3.11. The van der Waals surface area contributed by atoms with E-state index < -0.39 is 23.7 Å². The number of nitrogen functional groups attached to an aromatic ring is 1. The average molecular weight is 415 g/mol. The van der Waals surface area contributed by atoms with Crippen molar-refractivity contribution < 1.29 is 23.9 Å². The minimum absolute atomic E-state index is 0.152. The SMILES string of the molecule is COC(=O)c1cccc(N2C(=O)c3ccc(NC(=O)c4cccc(N)c4)cc3C2=O)c1. The number of carbonyl (C=O) groups excluding carboxylic acids is 4. The number of hydrogen-bond acceptors (Lipinski definition) is 6. The number of rotatable bonds is 4. The number of fused-ring (bicyclic) bond motifs is 1. The Morgan fingerprint density at radius 1 is 0.871 bits per heavy atom. The Morgan fingerprint density at radius 2 is 1.58 bits per heavy atom. The van der Waals surface area contributed by atoms with Gasteiger partial charge in [-0.2, -0.15) is 0 Å². The Kier molecular flexibility index (Phi) is 4.96. The summed E-state index contributed by atoms with van der Waals surface area (Å²) in [7, 11) is 1.25. The van der Waals surface area contributed by atoms with Crippen LogP contribution < -0.4 is 16.0 Å². The van der Waals surface area contributed by atoms with E-state index in [1.807, 2.05) is 0 Å². The Hall–Kier alpha value is -4.46. The van der Waals surface area contributed by atoms with Crippen LogP contribution in [0.1, 0.15) is 41.4 Å². The molecule has 0 unspecified atom stereocenters. The first-order valence-electron chi connectivity index (χ1n) is 9.27. The van der Waals surface area contributed by atoms with Crippen LogP contribution in [-0.2, 0) is 4.74 Å². The molecule has 1 heterocycles. The van der Waals surface area contributed by atoms with Gasteiger partial charge in [-0.15, -0.1) is 0 Å². The van der Waals surface area contributed by atoms with Gasteiger partial charge in [-0.25, -0.2) is 9.69 Å². The van der Waals surface area contributed by atoms with E-state index in [9.17, 15) is 19.2 Å². The number of amides is 3. The first-order chi connectivity index (χ1) is 14.9. The van der Waals surface area contributed by atoms with E-state index in [4.69, 9.17) is 10.5 Å². The number of ether oxygens (including phenoxy) is 1. The van der Waals surface area contributed by atoms with Crippen LogP contribution in [0.2, 0.25) is 0 Å². The minimum Gasteiger partial charge on any atom is -0.465 e. The molecule has 0 spiro atoms. The lowest BCUT2D eigenvalue weighted by atomic mass is 10.1. The second-order valence-electron chi connectivity index (χ2n) is 6.83. The molecule has 0 aromatic heterocycles. The fraction of sp³-hybridized carbons (Fsp3) is 0.0435. The monoisotopic (exact) mass is 415 g/mol. The number of carbonyl (C=O) groups is 4. The summed E-state index contributed by atoms with van der Waals surface area (Å²) in [5.41, 5.74) is 7.70. The molecule has 0 saturated heterocycles. The van der Waals surface area contributed by atoms with Gasteiger partial charge < -0.3 is 15.8 Å². The van der Waals surface area contributed by atoms with E-state index in [0.717, 1.165) is 4.90 Å². The average Bonchev–Trinajstić information content (AvgIpc) is 3.02. The molecule has 8 nitrogen and oxygen atoms in total. The molecule has 1 aliphatic heterocycles. The van der Waals surface area contributed by atoms with Gasteiger partial charge in [0, 0.05) is 16.9 Å². The van der Waals surface area contributed by atoms with Crippen molar-refractivity contribution in [2.45, 2.75) is 0 Å². The molecule has 31 heavy (non-hydrogen) atoms. The van der Waals surface area contributed by atoms with Gasteiger partial charge in [0.05, 0.1) is 29.5 Å². The molecule has 3 N–H and O–H groups in total. The zero-order chi connectivity index (χ0) is 22.1. The number of nitrogens with one attached hydrogen (secondary N) is 1. The number of benzene rings is 3. The number of imide groups is 1. The van der Waals surface area contributed by atoms with E-state index in [1.165, 1.54) is 37.4 Å². The van der Waals surface area contributed by atoms with Crippen LogP contribution in [0, 0.1) is 0 Å². The summed E-state index contributed by atoms with van der Waals surface area (Å²) >= 11 is 0. The van der Waals surface area contributed by atoms with Gasteiger partial charge in [-0.3, -0.25) is 14.4 Å². The molecule has 0 saturated carbocycles. The number of nitrogens with two attached hydrogens (primary N) is 1. The van der Waals surface area contributed by atoms with Gasteiger partial charge >= 0.3 is 5.97 Å². The third-order valence-electron chi connectivity index (χ3n) is 4.82. The van der Waals surface area contributed by atoms with Crippen LogP contribution in [0.15, 0.2) is 66.7 Å². The molecule has 0 atom stereocenters. The van der Waals surface area contributed by atoms with Crippen molar-refractivity contribution in [3.05, 3.63) is 89.0 Å². The van der Waals surface area contributed by atoms with Crippen molar-refractivity contribution >= 4 is 40.8 Å². The number of hydrogen-bond donors (Lipinski definition) is 2. The highest BCUT2D eigenvalue weighted by molar-refractivity contribution is 6.34. The van der Waals surface area contributed by atoms with E-state index >= 15 is 0 Å². The molecule has 0 bridgehead atoms. The van der Waals surface area contributed by atoms with Crippen LogP contribution in [-0.4, -0.2) is 30.8 Å². The minimum atomic E-state index is -0.579. The van der Waals surface area contributed by atoms with E-state index in [0.29, 0.717) is 16.9 Å². The maximum Gasteiger partial charge on any atom is 0.337 e. The zero-order valence-corrected chi connectivity index (χ0v) is 16.4. The highest BCUT2D eigenvalue weighted by Gasteiger charge is 2.37. The molecule has 0 aliphatic carbocycles. The fourth-order valence-electron chi connectivity index (χ4n) is 3.33. The summed E-state index contributed by atoms with van der Waals surface area (Å²) in [6.45, 7) is 0. The molecule has 1 aliphatic rings. The third-order valence-corrected chi connectivity index (χ3v) is 4.82. The Bertz CT molecular complexity index is 1250. The molecule has 3 aromatic carbocycles. The van der Waals surface area contributed by atoms with Crippen LogP contribution in [0.25, 0.3) is 0 Å². The number of nitrogens with zero attached hydrogens (tertiary/aromatic N) is 1. The highest BCUT2D eigenvalue weighted by atomic mass is 16.5. The smallest absolute Gasteiger partial charge is 0.337 e. The summed E-state index contributed by atoms with van der Waals surface area (Å²) in [6, 6.07) is 17.0. The molecule has 8 heteroatoms. The lowest BCUT2D eigenvalue weighted by Gasteiger charge is -2.14. The van der Waals surface area contributed by atoms with Gasteiger partial charge in [0.1, 0.15) is 0 Å². The van der Waals surface area contributed by atoms with Crippen LogP contribution >= 0.6 is 0 Å². The third kappa shape index (κ3) is 3.62. The number of esters is 1. The molecule has 154 valence electrons. The predicted molar refractivity (Wildman–Crippen MR) is 114 cm³/mol. The zero-order valence-electron chi connectivity index (χ0n) is 16.4. The first kappa shape index (κ1) is 19.8. The maximum atomic E-state index is 13.0. The van der Waals surface area contributed by atoms with E-state index in [1.54, 1.807) is 36.4 Å². The summed E-state index contributed by atoms with van der Waals surface area (Å²) < 4.78 is 4.69. The van der Waals surface area contributed by atoms with Crippen molar-refractivity contribution in [3.8, 4) is 0 Å². The summed E-state index contributed by atoms with van der Waals surface area (Å²) in [4.78, 5) is 51.0. The summed E-state index contributed by atoms with van der Waals surface area (Å²) in [6.07, 6.45) is 0. The van der Waals surface area contributed by atoms with Gasteiger partial charge in [0.25, 0.3) is 17.7 Å². The molecule has 0 radical (unpaired) electrons. The molecule has 4 rings (SSSR count). The molecular weight excluding hydrogens is 398 g/mol. The van der Waals surface area contributed by atoms with Gasteiger partial charge in [-0.05, 0) is 54.6 Å². The standard InChI is InChI=1S/C23H17N3O5/c1-31-23(30)14-5-3-7-17(11-14)26-21(28)18-9-8-16(12-19(18)22(26)29)25-20(27)13-4-2-6-15(24)10-13/h2-12H,24H2,1H3,(H,25,27). The quantitative estimate of drug-likeness (QED) is 0.384. The first-order valence-corrected chi connectivity index (χ1v) is 9.27. The van der Waals surface area contributed by atoms with E-state index in [-0.39, 0.29) is 22.4 Å². The fourth-order valence-corrected chi connectivity index (χ4v) is 3.33. The Labute approximate surface area is 177 Å². The second-order valence-corrected chi connectivity index (χ2v) is 6.83. The van der Waals surface area contributed by atoms with E-state index in [2.05, 4.69) is 5.32 Å². The van der Waals surface area contributed by atoms with Crippen LogP contribution in [0.4, 0.5) is 17.1 Å². The number of anilines is 3. The summed E-state index contributed by atoms with van der Waals surface area (Å²) in [5.74, 6) is -2.05. The van der Waals surface area contributed by atoms with Crippen molar-refractivity contribution in [3.63, 3.8) is 0 Å². The lowest BCUT2D eigenvalue weighted by Crippen LogP contribution is -2.29. The largest absolute Gasteiger partial charge is 0.465 e. The van der Waals surface area contributed by atoms with Gasteiger partial charge in [0.15, 0.2) is 0 Å². The Balaban J connectivity index is 1.62. The van der Waals surface area contributed by atoms with Gasteiger partial charge in [-0.1, -0.05) is 12.1 Å². The Morgan fingerprint density at radius 3 is 2.32 bits per heavy atom. The van der Waals surface area contributed by atoms with Crippen molar-refractivity contribution in [2.24, 2.45) is 0 Å². The topological polar surface area (TPSA) is 119 Å². The van der Waals surface area contributed by atoms with Gasteiger partial charge in [0.2, 0.25) is 0 Å². The molecule has 3 amide bonds. The molecule has 3 aromatic rings. The number of methoxy groups -OCH3 is 1.